The lowest BCUT2D eigenvalue weighted by Gasteiger charge is -2.27. The fraction of sp³-hybridized carbons (Fsp3) is 0.433. The van der Waals surface area contributed by atoms with E-state index in [9.17, 15) is 18.8 Å². The number of halogens is 1. The molecule has 0 N–H and O–H groups in total. The van der Waals surface area contributed by atoms with E-state index in [2.05, 4.69) is 20.8 Å². The lowest BCUT2D eigenvalue weighted by molar-refractivity contribution is -0.143. The van der Waals surface area contributed by atoms with Crippen LogP contribution in [0.3, 0.4) is 0 Å². The fourth-order valence-corrected chi connectivity index (χ4v) is 4.62. The van der Waals surface area contributed by atoms with E-state index in [1.54, 1.807) is 37.8 Å². The number of ether oxygens (including phenoxy) is 2. The van der Waals surface area contributed by atoms with Gasteiger partial charge in [-0.3, -0.25) is 19.3 Å². The maximum absolute atomic E-state index is 14.2. The van der Waals surface area contributed by atoms with Gasteiger partial charge in [0.15, 0.2) is 0 Å². The van der Waals surface area contributed by atoms with E-state index in [4.69, 9.17) is 9.47 Å². The molecule has 0 spiro atoms. The molecule has 1 atom stereocenters. The van der Waals surface area contributed by atoms with Gasteiger partial charge in [-0.05, 0) is 85.7 Å². The van der Waals surface area contributed by atoms with Crippen molar-refractivity contribution in [1.82, 2.24) is 0 Å². The lowest BCUT2D eigenvalue weighted by atomic mass is 9.77. The molecule has 7 heteroatoms. The van der Waals surface area contributed by atoms with Gasteiger partial charge in [0, 0.05) is 12.1 Å². The Kier molecular flexibility index (Phi) is 8.57. The molecule has 0 saturated carbocycles. The maximum Gasteiger partial charge on any atom is 0.310 e. The Morgan fingerprint density at radius 2 is 1.49 bits per heavy atom. The van der Waals surface area contributed by atoms with Crippen molar-refractivity contribution in [2.24, 2.45) is 5.41 Å². The van der Waals surface area contributed by atoms with E-state index in [1.807, 2.05) is 24.3 Å². The first-order chi connectivity index (χ1) is 17.4. The number of nitrogens with zero attached hydrogens (tertiary/aromatic N) is 1. The largest absolute Gasteiger partial charge is 0.466 e. The molecular formula is C30H36FNO5. The van der Waals surface area contributed by atoms with Crippen LogP contribution < -0.4 is 4.90 Å². The van der Waals surface area contributed by atoms with E-state index >= 15 is 0 Å². The number of esters is 2. The molecule has 0 fully saturated rings. The van der Waals surface area contributed by atoms with Gasteiger partial charge in [0.05, 0.1) is 30.7 Å². The van der Waals surface area contributed by atoms with Crippen LogP contribution in [0.5, 0.6) is 0 Å². The fourth-order valence-electron chi connectivity index (χ4n) is 4.62. The molecule has 0 aromatic heterocycles. The number of rotatable bonds is 9. The van der Waals surface area contributed by atoms with Crippen LogP contribution in [-0.4, -0.2) is 31.1 Å². The summed E-state index contributed by atoms with van der Waals surface area (Å²) in [7, 11) is 0. The molecule has 3 rings (SSSR count). The summed E-state index contributed by atoms with van der Waals surface area (Å²) in [4.78, 5) is 40.8. The van der Waals surface area contributed by atoms with E-state index in [0.29, 0.717) is 22.5 Å². The summed E-state index contributed by atoms with van der Waals surface area (Å²) in [6.07, 6.45) is 0.0266. The number of carbonyl (C=O) groups excluding carboxylic acids is 3. The molecule has 0 radical (unpaired) electrons. The molecule has 198 valence electrons. The van der Waals surface area contributed by atoms with Crippen molar-refractivity contribution in [2.45, 2.75) is 66.2 Å². The first-order valence-corrected chi connectivity index (χ1v) is 12.7. The zero-order valence-electron chi connectivity index (χ0n) is 22.5. The second kappa shape index (κ2) is 11.3. The van der Waals surface area contributed by atoms with Crippen LogP contribution in [0.2, 0.25) is 0 Å². The van der Waals surface area contributed by atoms with E-state index in [0.717, 1.165) is 5.56 Å². The van der Waals surface area contributed by atoms with Crippen molar-refractivity contribution in [2.75, 3.05) is 18.1 Å². The van der Waals surface area contributed by atoms with Gasteiger partial charge in [-0.25, -0.2) is 4.39 Å². The Morgan fingerprint density at radius 1 is 0.919 bits per heavy atom. The predicted octanol–water partition coefficient (Wildman–Crippen LogP) is 6.18. The zero-order valence-corrected chi connectivity index (χ0v) is 22.5. The molecule has 1 unspecified atom stereocenters. The van der Waals surface area contributed by atoms with E-state index in [-0.39, 0.29) is 43.8 Å². The minimum absolute atomic E-state index is 0.00983. The third-order valence-electron chi connectivity index (χ3n) is 6.72. The second-order valence-corrected chi connectivity index (χ2v) is 10.4. The minimum Gasteiger partial charge on any atom is -0.466 e. The highest BCUT2D eigenvalue weighted by Gasteiger charge is 2.50. The second-order valence-electron chi connectivity index (χ2n) is 10.4. The van der Waals surface area contributed by atoms with Gasteiger partial charge in [-0.1, -0.05) is 32.9 Å². The van der Waals surface area contributed by atoms with Crippen LogP contribution in [-0.2, 0) is 29.3 Å². The zero-order chi connectivity index (χ0) is 27.4. The summed E-state index contributed by atoms with van der Waals surface area (Å²) >= 11 is 0. The highest BCUT2D eigenvalue weighted by Crippen LogP contribution is 2.50. The van der Waals surface area contributed by atoms with Gasteiger partial charge in [0.25, 0.3) is 0 Å². The molecule has 0 bridgehead atoms. The van der Waals surface area contributed by atoms with Gasteiger partial charge in [-0.2, -0.15) is 0 Å². The number of hydrogen-bond acceptors (Lipinski definition) is 5. The molecular weight excluding hydrogens is 473 g/mol. The summed E-state index contributed by atoms with van der Waals surface area (Å²) in [5.41, 5.74) is 2.11. The smallest absolute Gasteiger partial charge is 0.310 e. The first kappa shape index (κ1) is 28.1. The standard InChI is InChI=1S/C30H36FNO5/c1-7-36-25(33)17-18-30(6)24(19-26(34)37-8-2)27(20-9-13-22(31)14-10-20)32(28(30)35)23-15-11-21(12-16-23)29(3,4)5/h9-16H,7-8,17-19H2,1-6H3. The average molecular weight is 510 g/mol. The molecule has 37 heavy (non-hydrogen) atoms. The quantitative estimate of drug-likeness (QED) is 0.377. The van der Waals surface area contributed by atoms with Crippen LogP contribution in [0.1, 0.15) is 71.9 Å². The Hall–Kier alpha value is -3.48. The molecule has 0 aliphatic carbocycles. The Labute approximate surface area is 218 Å². The summed E-state index contributed by atoms with van der Waals surface area (Å²) in [5, 5.41) is 0. The van der Waals surface area contributed by atoms with Crippen molar-refractivity contribution in [1.29, 1.82) is 0 Å². The summed E-state index contributed by atoms with van der Waals surface area (Å²) < 4.78 is 24.2. The highest BCUT2D eigenvalue weighted by molar-refractivity contribution is 6.16. The predicted molar refractivity (Wildman–Crippen MR) is 141 cm³/mol. The van der Waals surface area contributed by atoms with Gasteiger partial charge in [0.2, 0.25) is 5.91 Å². The lowest BCUT2D eigenvalue weighted by Crippen LogP contribution is -2.36. The van der Waals surface area contributed by atoms with E-state index < -0.39 is 23.2 Å². The van der Waals surface area contributed by atoms with Crippen LogP contribution in [0.4, 0.5) is 10.1 Å². The van der Waals surface area contributed by atoms with Crippen molar-refractivity contribution in [3.05, 3.63) is 71.0 Å². The third kappa shape index (κ3) is 6.09. The SMILES string of the molecule is CCOC(=O)CCC1(C)C(=O)N(c2ccc(C(C)(C)C)cc2)C(c2ccc(F)cc2)=C1CC(=O)OCC. The normalized spacial score (nSPS) is 17.8. The molecule has 2 aromatic rings. The Bertz CT molecular complexity index is 1180. The van der Waals surface area contributed by atoms with Gasteiger partial charge < -0.3 is 9.47 Å². The topological polar surface area (TPSA) is 72.9 Å². The van der Waals surface area contributed by atoms with Crippen LogP contribution in [0, 0.1) is 11.2 Å². The monoisotopic (exact) mass is 509 g/mol. The van der Waals surface area contributed by atoms with Crippen molar-refractivity contribution < 1.29 is 28.2 Å². The molecule has 2 aromatic carbocycles. The van der Waals surface area contributed by atoms with Crippen LogP contribution in [0.15, 0.2) is 54.1 Å². The molecule has 1 heterocycles. The molecule has 1 aliphatic rings. The summed E-state index contributed by atoms with van der Waals surface area (Å²) in [6.45, 7) is 11.9. The maximum atomic E-state index is 14.2. The highest BCUT2D eigenvalue weighted by atomic mass is 19.1. The van der Waals surface area contributed by atoms with Crippen LogP contribution in [0.25, 0.3) is 5.70 Å². The average Bonchev–Trinajstić information content (AvgIpc) is 3.05. The minimum atomic E-state index is -1.17. The number of benzene rings is 2. The van der Waals surface area contributed by atoms with Gasteiger partial charge in [0.1, 0.15) is 5.82 Å². The number of anilines is 1. The number of hydrogen-bond donors (Lipinski definition) is 0. The Morgan fingerprint density at radius 3 is 2.03 bits per heavy atom. The molecule has 1 amide bonds. The van der Waals surface area contributed by atoms with Crippen LogP contribution >= 0.6 is 0 Å². The van der Waals surface area contributed by atoms with E-state index in [1.165, 1.54) is 12.1 Å². The summed E-state index contributed by atoms with van der Waals surface area (Å²) in [5.74, 6) is -1.56. The van der Waals surface area contributed by atoms with Crippen molar-refractivity contribution in [3.63, 3.8) is 0 Å². The first-order valence-electron chi connectivity index (χ1n) is 12.7. The van der Waals surface area contributed by atoms with Gasteiger partial charge in [-0.15, -0.1) is 0 Å². The third-order valence-corrected chi connectivity index (χ3v) is 6.72. The number of carbonyl (C=O) groups is 3. The molecule has 6 nitrogen and oxygen atoms in total. The van der Waals surface area contributed by atoms with Crippen molar-refractivity contribution in [3.8, 4) is 0 Å². The Balaban J connectivity index is 2.21. The molecule has 0 saturated heterocycles. The van der Waals surface area contributed by atoms with Crippen molar-refractivity contribution >= 4 is 29.2 Å². The van der Waals surface area contributed by atoms with Gasteiger partial charge >= 0.3 is 11.9 Å². The summed E-state index contributed by atoms with van der Waals surface area (Å²) in [6, 6.07) is 13.5. The number of amides is 1. The molecule has 1 aliphatic heterocycles.